The Hall–Kier alpha value is -1.72. The highest BCUT2D eigenvalue weighted by Crippen LogP contribution is 2.07. The summed E-state index contributed by atoms with van der Waals surface area (Å²) in [5.74, 6) is 0.561. The second kappa shape index (κ2) is 1.90. The van der Waals surface area contributed by atoms with Crippen molar-refractivity contribution in [3.63, 3.8) is 0 Å². The third kappa shape index (κ3) is 0.661. The summed E-state index contributed by atoms with van der Waals surface area (Å²) >= 11 is 0. The van der Waals surface area contributed by atoms with E-state index in [0.717, 1.165) is 0 Å². The molecule has 2 aromatic rings. The SMILES string of the molecule is c1nc(-c2nnco2)no1. The van der Waals surface area contributed by atoms with Crippen LogP contribution < -0.4 is 0 Å². The van der Waals surface area contributed by atoms with Crippen molar-refractivity contribution in [3.05, 3.63) is 12.8 Å². The van der Waals surface area contributed by atoms with Crippen molar-refractivity contribution in [3.8, 4) is 11.7 Å². The van der Waals surface area contributed by atoms with E-state index in [2.05, 4.69) is 24.9 Å². The molecule has 0 aliphatic carbocycles. The minimum Gasteiger partial charge on any atom is -0.421 e. The molecule has 0 atom stereocenters. The fraction of sp³-hybridized carbons (Fsp3) is 0. The Labute approximate surface area is 54.9 Å². The molecular weight excluding hydrogens is 136 g/mol. The molecule has 0 saturated heterocycles. The lowest BCUT2D eigenvalue weighted by Gasteiger charge is -1.76. The average molecular weight is 138 g/mol. The molecule has 0 aromatic carbocycles. The maximum atomic E-state index is 4.77. The summed E-state index contributed by atoms with van der Waals surface area (Å²) in [4.78, 5) is 3.68. The van der Waals surface area contributed by atoms with Crippen LogP contribution in [0.4, 0.5) is 0 Å². The monoisotopic (exact) mass is 138 g/mol. The van der Waals surface area contributed by atoms with Crippen molar-refractivity contribution in [2.24, 2.45) is 0 Å². The Bertz CT molecular complexity index is 255. The van der Waals surface area contributed by atoms with E-state index in [1.54, 1.807) is 0 Å². The average Bonchev–Trinajstić information content (AvgIpc) is 2.59. The summed E-state index contributed by atoms with van der Waals surface area (Å²) in [5, 5.41) is 10.5. The summed E-state index contributed by atoms with van der Waals surface area (Å²) in [6, 6.07) is 0. The van der Waals surface area contributed by atoms with Crippen LogP contribution in [0.3, 0.4) is 0 Å². The van der Waals surface area contributed by atoms with E-state index in [4.69, 9.17) is 4.42 Å². The van der Waals surface area contributed by atoms with Gasteiger partial charge in [0.05, 0.1) is 0 Å². The predicted octanol–water partition coefficient (Wildman–Crippen LogP) is 0.120. The van der Waals surface area contributed by atoms with Crippen molar-refractivity contribution >= 4 is 0 Å². The summed E-state index contributed by atoms with van der Waals surface area (Å²) in [5.41, 5.74) is 0. The van der Waals surface area contributed by atoms with Gasteiger partial charge in [0.1, 0.15) is 0 Å². The van der Waals surface area contributed by atoms with Gasteiger partial charge in [0.2, 0.25) is 12.8 Å². The molecule has 2 aromatic heterocycles. The summed E-state index contributed by atoms with van der Waals surface area (Å²) < 4.78 is 9.22. The zero-order chi connectivity index (χ0) is 6.81. The second-order valence-electron chi connectivity index (χ2n) is 1.50. The Balaban J connectivity index is 2.48. The lowest BCUT2D eigenvalue weighted by Crippen LogP contribution is -1.78. The molecule has 0 aliphatic rings. The first kappa shape index (κ1) is 5.10. The summed E-state index contributed by atoms with van der Waals surface area (Å²) in [6.07, 6.45) is 2.39. The van der Waals surface area contributed by atoms with Gasteiger partial charge in [-0.1, -0.05) is 5.16 Å². The van der Waals surface area contributed by atoms with Crippen LogP contribution in [0.15, 0.2) is 21.7 Å². The van der Waals surface area contributed by atoms with Crippen LogP contribution in [-0.4, -0.2) is 20.3 Å². The third-order valence-corrected chi connectivity index (χ3v) is 0.913. The van der Waals surface area contributed by atoms with Gasteiger partial charge in [-0.2, -0.15) is 4.98 Å². The van der Waals surface area contributed by atoms with E-state index in [1.807, 2.05) is 0 Å². The number of aromatic nitrogens is 4. The van der Waals surface area contributed by atoms with Crippen LogP contribution in [0.2, 0.25) is 0 Å². The minimum absolute atomic E-state index is 0.258. The number of hydrogen-bond acceptors (Lipinski definition) is 6. The van der Waals surface area contributed by atoms with Crippen molar-refractivity contribution in [2.45, 2.75) is 0 Å². The number of hydrogen-bond donors (Lipinski definition) is 0. The van der Waals surface area contributed by atoms with Crippen LogP contribution in [0.5, 0.6) is 0 Å². The normalized spacial score (nSPS) is 10.0. The fourth-order valence-corrected chi connectivity index (χ4v) is 0.535. The molecule has 0 fully saturated rings. The van der Waals surface area contributed by atoms with E-state index in [1.165, 1.54) is 12.8 Å². The van der Waals surface area contributed by atoms with E-state index >= 15 is 0 Å². The standard InChI is InChI=1S/C4H2N4O2/c1-5-3(8-10-1)4-7-6-2-9-4/h1-2H. The molecule has 2 rings (SSSR count). The molecule has 2 heterocycles. The molecule has 0 radical (unpaired) electrons. The molecule has 6 heteroatoms. The van der Waals surface area contributed by atoms with Crippen molar-refractivity contribution in [1.82, 2.24) is 20.3 Å². The fourth-order valence-electron chi connectivity index (χ4n) is 0.535. The smallest absolute Gasteiger partial charge is 0.289 e. The first-order valence-electron chi connectivity index (χ1n) is 2.50. The van der Waals surface area contributed by atoms with Gasteiger partial charge in [0.15, 0.2) is 0 Å². The number of rotatable bonds is 1. The Kier molecular flexibility index (Phi) is 0.970. The predicted molar refractivity (Wildman–Crippen MR) is 27.6 cm³/mol. The molecule has 10 heavy (non-hydrogen) atoms. The maximum absolute atomic E-state index is 4.77. The third-order valence-electron chi connectivity index (χ3n) is 0.913. The Morgan fingerprint density at radius 2 is 2.30 bits per heavy atom. The van der Waals surface area contributed by atoms with Gasteiger partial charge < -0.3 is 8.94 Å². The molecule has 0 spiro atoms. The highest BCUT2D eigenvalue weighted by Gasteiger charge is 2.06. The molecule has 6 nitrogen and oxygen atoms in total. The van der Waals surface area contributed by atoms with Gasteiger partial charge in [-0.25, -0.2) is 0 Å². The topological polar surface area (TPSA) is 77.8 Å². The van der Waals surface area contributed by atoms with Crippen LogP contribution in [0.25, 0.3) is 11.7 Å². The molecule has 0 aliphatic heterocycles. The summed E-state index contributed by atoms with van der Waals surface area (Å²) in [6.45, 7) is 0. The van der Waals surface area contributed by atoms with Gasteiger partial charge in [0, 0.05) is 0 Å². The summed E-state index contributed by atoms with van der Waals surface area (Å²) in [7, 11) is 0. The van der Waals surface area contributed by atoms with Gasteiger partial charge in [0.25, 0.3) is 11.7 Å². The lowest BCUT2D eigenvalue weighted by molar-refractivity contribution is 0.416. The Morgan fingerprint density at radius 3 is 2.90 bits per heavy atom. The van der Waals surface area contributed by atoms with Crippen molar-refractivity contribution in [1.29, 1.82) is 0 Å². The van der Waals surface area contributed by atoms with Crippen LogP contribution in [-0.2, 0) is 0 Å². The first-order valence-corrected chi connectivity index (χ1v) is 2.50. The number of nitrogens with zero attached hydrogens (tertiary/aromatic N) is 4. The quantitative estimate of drug-likeness (QED) is 0.556. The van der Waals surface area contributed by atoms with Crippen LogP contribution in [0, 0.1) is 0 Å². The molecule has 0 amide bonds. The first-order chi connectivity index (χ1) is 4.97. The largest absolute Gasteiger partial charge is 0.421 e. The van der Waals surface area contributed by atoms with Gasteiger partial charge in [-0.3, -0.25) is 0 Å². The van der Waals surface area contributed by atoms with E-state index in [9.17, 15) is 0 Å². The van der Waals surface area contributed by atoms with Crippen LogP contribution >= 0.6 is 0 Å². The van der Waals surface area contributed by atoms with Crippen LogP contribution in [0.1, 0.15) is 0 Å². The lowest BCUT2D eigenvalue weighted by atomic mass is 10.6. The highest BCUT2D eigenvalue weighted by molar-refractivity contribution is 5.35. The van der Waals surface area contributed by atoms with Gasteiger partial charge in [-0.05, 0) is 0 Å². The highest BCUT2D eigenvalue weighted by atomic mass is 16.5. The molecule has 50 valence electrons. The maximum Gasteiger partial charge on any atom is 0.289 e. The molecule has 0 saturated carbocycles. The molecule has 0 unspecified atom stereocenters. The van der Waals surface area contributed by atoms with E-state index in [0.29, 0.717) is 5.82 Å². The van der Waals surface area contributed by atoms with E-state index < -0.39 is 0 Å². The molecule has 0 bridgehead atoms. The van der Waals surface area contributed by atoms with E-state index in [-0.39, 0.29) is 5.89 Å². The Morgan fingerprint density at radius 1 is 1.30 bits per heavy atom. The van der Waals surface area contributed by atoms with Gasteiger partial charge >= 0.3 is 0 Å². The van der Waals surface area contributed by atoms with Crippen molar-refractivity contribution < 1.29 is 8.94 Å². The van der Waals surface area contributed by atoms with Crippen molar-refractivity contribution in [2.75, 3.05) is 0 Å². The minimum atomic E-state index is 0.258. The molecule has 0 N–H and O–H groups in total. The zero-order valence-electron chi connectivity index (χ0n) is 4.76. The second-order valence-corrected chi connectivity index (χ2v) is 1.50. The molecular formula is C4H2N4O2. The van der Waals surface area contributed by atoms with Gasteiger partial charge in [-0.15, -0.1) is 10.2 Å². The zero-order valence-corrected chi connectivity index (χ0v) is 4.76.